The van der Waals surface area contributed by atoms with E-state index in [0.29, 0.717) is 0 Å². The Balaban J connectivity index is 1.89. The van der Waals surface area contributed by atoms with Crippen molar-refractivity contribution in [3.63, 3.8) is 0 Å². The van der Waals surface area contributed by atoms with Crippen LogP contribution in [0.25, 0.3) is 10.1 Å². The zero-order valence-corrected chi connectivity index (χ0v) is 11.7. The maximum Gasteiger partial charge on any atom is 0.0440 e. The lowest BCUT2D eigenvalue weighted by Gasteiger charge is -2.19. The van der Waals surface area contributed by atoms with Crippen LogP contribution in [0.4, 0.5) is 11.4 Å². The zero-order chi connectivity index (χ0) is 13.2. The molecule has 0 bridgehead atoms. The normalized spacial score (nSPS) is 10.8. The highest BCUT2D eigenvalue weighted by molar-refractivity contribution is 7.17. The molecule has 0 fully saturated rings. The number of nitrogens with zero attached hydrogens (tertiary/aromatic N) is 1. The lowest BCUT2D eigenvalue weighted by atomic mass is 10.1. The van der Waals surface area contributed by atoms with E-state index < -0.39 is 0 Å². The minimum atomic E-state index is 0.805. The molecule has 0 radical (unpaired) electrons. The molecule has 0 aliphatic heterocycles. The first-order chi connectivity index (χ1) is 9.24. The van der Waals surface area contributed by atoms with Gasteiger partial charge in [-0.3, -0.25) is 0 Å². The van der Waals surface area contributed by atoms with E-state index >= 15 is 0 Å². The number of hydrogen-bond donors (Lipinski definition) is 1. The molecule has 3 rings (SSSR count). The van der Waals surface area contributed by atoms with Gasteiger partial charge in [0, 0.05) is 29.7 Å². The van der Waals surface area contributed by atoms with Crippen molar-refractivity contribution >= 4 is 32.8 Å². The maximum atomic E-state index is 5.84. The van der Waals surface area contributed by atoms with Crippen LogP contribution < -0.4 is 10.6 Å². The smallest absolute Gasteiger partial charge is 0.0440 e. The number of benzene rings is 2. The Bertz CT molecular complexity index is 703. The molecule has 2 N–H and O–H groups in total. The molecule has 1 heterocycles. The summed E-state index contributed by atoms with van der Waals surface area (Å²) in [5.41, 5.74) is 9.16. The second-order valence-corrected chi connectivity index (χ2v) is 5.62. The van der Waals surface area contributed by atoms with Gasteiger partial charge in [-0.05, 0) is 40.6 Å². The first-order valence-corrected chi connectivity index (χ1v) is 7.14. The lowest BCUT2D eigenvalue weighted by molar-refractivity contribution is 0.934. The lowest BCUT2D eigenvalue weighted by Crippen LogP contribution is -2.16. The van der Waals surface area contributed by atoms with Gasteiger partial charge < -0.3 is 10.6 Å². The third-order valence-electron chi connectivity index (χ3n) is 3.28. The van der Waals surface area contributed by atoms with Crippen LogP contribution in [0.5, 0.6) is 0 Å². The number of anilines is 2. The van der Waals surface area contributed by atoms with Crippen LogP contribution in [-0.4, -0.2) is 7.05 Å². The second-order valence-electron chi connectivity index (χ2n) is 4.71. The number of rotatable bonds is 3. The minimum absolute atomic E-state index is 0.805. The molecule has 0 saturated heterocycles. The average Bonchev–Trinajstić information content (AvgIpc) is 2.82. The Morgan fingerprint density at radius 3 is 2.79 bits per heavy atom. The van der Waals surface area contributed by atoms with Crippen molar-refractivity contribution in [2.75, 3.05) is 17.7 Å². The minimum Gasteiger partial charge on any atom is -0.399 e. The third kappa shape index (κ3) is 2.42. The molecule has 3 aromatic rings. The summed E-state index contributed by atoms with van der Waals surface area (Å²) in [7, 11) is 2.10. The molecule has 0 aliphatic rings. The molecule has 2 nitrogen and oxygen atoms in total. The highest BCUT2D eigenvalue weighted by atomic mass is 32.1. The molecule has 2 aromatic carbocycles. The summed E-state index contributed by atoms with van der Waals surface area (Å²) in [5, 5.41) is 3.59. The molecule has 0 saturated carbocycles. The summed E-state index contributed by atoms with van der Waals surface area (Å²) in [5.74, 6) is 0. The topological polar surface area (TPSA) is 29.3 Å². The van der Waals surface area contributed by atoms with Crippen molar-refractivity contribution in [2.45, 2.75) is 6.54 Å². The number of nitrogen functional groups attached to an aromatic ring is 1. The van der Waals surface area contributed by atoms with E-state index in [1.165, 1.54) is 15.6 Å². The van der Waals surface area contributed by atoms with Gasteiger partial charge in [0.25, 0.3) is 0 Å². The van der Waals surface area contributed by atoms with Gasteiger partial charge in [0.1, 0.15) is 0 Å². The Labute approximate surface area is 117 Å². The summed E-state index contributed by atoms with van der Waals surface area (Å²) in [6, 6.07) is 16.5. The fourth-order valence-corrected chi connectivity index (χ4v) is 3.22. The van der Waals surface area contributed by atoms with Crippen molar-refractivity contribution in [3.05, 3.63) is 59.5 Å². The van der Waals surface area contributed by atoms with E-state index in [9.17, 15) is 0 Å². The second kappa shape index (κ2) is 4.94. The fourth-order valence-electron chi connectivity index (χ4n) is 2.26. The highest BCUT2D eigenvalue weighted by Gasteiger charge is 2.07. The van der Waals surface area contributed by atoms with E-state index in [-0.39, 0.29) is 0 Å². The van der Waals surface area contributed by atoms with Gasteiger partial charge in [0.15, 0.2) is 0 Å². The van der Waals surface area contributed by atoms with E-state index in [0.717, 1.165) is 17.9 Å². The van der Waals surface area contributed by atoms with Crippen LogP contribution in [-0.2, 0) is 6.54 Å². The summed E-state index contributed by atoms with van der Waals surface area (Å²) in [6.45, 7) is 0.896. The van der Waals surface area contributed by atoms with Crippen molar-refractivity contribution in [2.24, 2.45) is 0 Å². The van der Waals surface area contributed by atoms with E-state index in [1.54, 1.807) is 11.3 Å². The van der Waals surface area contributed by atoms with E-state index in [1.807, 2.05) is 18.2 Å². The predicted octanol–water partition coefficient (Wildman–Crippen LogP) is 4.12. The van der Waals surface area contributed by atoms with E-state index in [4.69, 9.17) is 5.73 Å². The van der Waals surface area contributed by atoms with Crippen LogP contribution in [0.3, 0.4) is 0 Å². The SMILES string of the molecule is CN(Cc1csc2ccccc12)c1cccc(N)c1. The van der Waals surface area contributed by atoms with Crippen molar-refractivity contribution in [1.82, 2.24) is 0 Å². The third-order valence-corrected chi connectivity index (χ3v) is 4.29. The number of fused-ring (bicyclic) bond motifs is 1. The molecule has 1 aromatic heterocycles. The molecule has 0 spiro atoms. The fraction of sp³-hybridized carbons (Fsp3) is 0.125. The van der Waals surface area contributed by atoms with Crippen LogP contribution in [0.2, 0.25) is 0 Å². The number of thiophene rings is 1. The Kier molecular flexibility index (Phi) is 3.13. The van der Waals surface area contributed by atoms with Crippen molar-refractivity contribution in [1.29, 1.82) is 0 Å². The molecule has 19 heavy (non-hydrogen) atoms. The van der Waals surface area contributed by atoms with Gasteiger partial charge in [-0.2, -0.15) is 0 Å². The summed E-state index contributed by atoms with van der Waals surface area (Å²) in [4.78, 5) is 2.23. The first kappa shape index (κ1) is 12.1. The van der Waals surface area contributed by atoms with Gasteiger partial charge in [-0.15, -0.1) is 11.3 Å². The molecule has 0 aliphatic carbocycles. The Hall–Kier alpha value is -2.00. The monoisotopic (exact) mass is 268 g/mol. The molecule has 0 amide bonds. The molecular formula is C16H16N2S. The molecule has 0 atom stereocenters. The molecular weight excluding hydrogens is 252 g/mol. The molecule has 3 heteroatoms. The first-order valence-electron chi connectivity index (χ1n) is 6.26. The van der Waals surface area contributed by atoms with E-state index in [2.05, 4.69) is 47.7 Å². The van der Waals surface area contributed by atoms with Crippen LogP contribution in [0, 0.1) is 0 Å². The Morgan fingerprint density at radius 2 is 1.95 bits per heavy atom. The summed E-state index contributed by atoms with van der Waals surface area (Å²) >= 11 is 1.80. The summed E-state index contributed by atoms with van der Waals surface area (Å²) < 4.78 is 1.35. The largest absolute Gasteiger partial charge is 0.399 e. The van der Waals surface area contributed by atoms with Crippen LogP contribution in [0.15, 0.2) is 53.9 Å². The van der Waals surface area contributed by atoms with Gasteiger partial charge >= 0.3 is 0 Å². The molecule has 96 valence electrons. The maximum absolute atomic E-state index is 5.84. The quantitative estimate of drug-likeness (QED) is 0.724. The van der Waals surface area contributed by atoms with Crippen molar-refractivity contribution in [3.8, 4) is 0 Å². The Morgan fingerprint density at radius 1 is 1.11 bits per heavy atom. The number of hydrogen-bond acceptors (Lipinski definition) is 3. The standard InChI is InChI=1S/C16H16N2S/c1-18(14-6-4-5-13(17)9-14)10-12-11-19-16-8-3-2-7-15(12)16/h2-9,11H,10,17H2,1H3. The molecule has 0 unspecified atom stereocenters. The van der Waals surface area contributed by atoms with Gasteiger partial charge in [0.2, 0.25) is 0 Å². The zero-order valence-electron chi connectivity index (χ0n) is 10.8. The highest BCUT2D eigenvalue weighted by Crippen LogP contribution is 2.28. The van der Waals surface area contributed by atoms with Gasteiger partial charge in [-0.1, -0.05) is 24.3 Å². The van der Waals surface area contributed by atoms with Crippen LogP contribution in [0.1, 0.15) is 5.56 Å². The van der Waals surface area contributed by atoms with Gasteiger partial charge in [-0.25, -0.2) is 0 Å². The predicted molar refractivity (Wildman–Crippen MR) is 84.8 cm³/mol. The van der Waals surface area contributed by atoms with Crippen LogP contribution >= 0.6 is 11.3 Å². The van der Waals surface area contributed by atoms with Gasteiger partial charge in [0.05, 0.1) is 0 Å². The van der Waals surface area contributed by atoms with Crippen molar-refractivity contribution < 1.29 is 0 Å². The summed E-state index contributed by atoms with van der Waals surface area (Å²) in [6.07, 6.45) is 0. The average molecular weight is 268 g/mol. The number of nitrogens with two attached hydrogens (primary N) is 1.